The molecule has 2 amide bonds. The topological polar surface area (TPSA) is 78.4 Å². The summed E-state index contributed by atoms with van der Waals surface area (Å²) >= 11 is 0. The van der Waals surface area contributed by atoms with Crippen molar-refractivity contribution in [3.05, 3.63) is 29.8 Å². The monoisotopic (exact) mass is 332 g/mol. The van der Waals surface area contributed by atoms with Crippen LogP contribution in [-0.2, 0) is 16.0 Å². The van der Waals surface area contributed by atoms with Crippen LogP contribution >= 0.6 is 0 Å². The first-order valence-electron chi connectivity index (χ1n) is 8.77. The highest BCUT2D eigenvalue weighted by molar-refractivity contribution is 5.91. The molecule has 0 unspecified atom stereocenters. The van der Waals surface area contributed by atoms with E-state index in [4.69, 9.17) is 0 Å². The van der Waals surface area contributed by atoms with Crippen LogP contribution in [0.2, 0.25) is 0 Å². The highest BCUT2D eigenvalue weighted by atomic mass is 16.3. The van der Waals surface area contributed by atoms with Gasteiger partial charge in [0.15, 0.2) is 0 Å². The number of nitrogens with one attached hydrogen (secondary N) is 2. The number of hydrogen-bond donors (Lipinski definition) is 3. The minimum atomic E-state index is -0.850. The molecule has 24 heavy (non-hydrogen) atoms. The van der Waals surface area contributed by atoms with E-state index < -0.39 is 5.60 Å². The molecule has 0 radical (unpaired) electrons. The molecule has 5 heteroatoms. The number of carbonyl (C=O) groups is 2. The van der Waals surface area contributed by atoms with Crippen molar-refractivity contribution in [2.75, 3.05) is 5.32 Å². The molecule has 3 N–H and O–H groups in total. The maximum Gasteiger partial charge on any atom is 0.227 e. The Morgan fingerprint density at radius 2 is 1.71 bits per heavy atom. The molecule has 0 spiro atoms. The molecule has 1 saturated carbocycles. The summed E-state index contributed by atoms with van der Waals surface area (Å²) in [6.45, 7) is 3.85. The minimum Gasteiger partial charge on any atom is -0.389 e. The smallest absolute Gasteiger partial charge is 0.227 e. The lowest BCUT2D eigenvalue weighted by Crippen LogP contribution is -2.35. The van der Waals surface area contributed by atoms with Crippen molar-refractivity contribution in [2.24, 2.45) is 0 Å². The van der Waals surface area contributed by atoms with E-state index in [9.17, 15) is 14.7 Å². The molecule has 0 bridgehead atoms. The fourth-order valence-corrected chi connectivity index (χ4v) is 3.16. The summed E-state index contributed by atoms with van der Waals surface area (Å²) in [7, 11) is 0. The molecule has 0 aromatic heterocycles. The Balaban J connectivity index is 1.84. The maximum absolute atomic E-state index is 12.1. The molecule has 0 aliphatic heterocycles. The van der Waals surface area contributed by atoms with Gasteiger partial charge in [-0.3, -0.25) is 9.59 Å². The van der Waals surface area contributed by atoms with Crippen molar-refractivity contribution < 1.29 is 14.7 Å². The molecule has 1 aliphatic rings. The van der Waals surface area contributed by atoms with Crippen molar-refractivity contribution in [1.29, 1.82) is 0 Å². The second-order valence-corrected chi connectivity index (χ2v) is 7.11. The molecular weight excluding hydrogens is 304 g/mol. The number of benzene rings is 1. The molecule has 1 aromatic rings. The minimum absolute atomic E-state index is 0.0127. The third-order valence-corrected chi connectivity index (χ3v) is 4.33. The summed E-state index contributed by atoms with van der Waals surface area (Å²) in [6.07, 6.45) is 4.97. The van der Waals surface area contributed by atoms with E-state index in [-0.39, 0.29) is 24.3 Å². The van der Waals surface area contributed by atoms with Gasteiger partial charge in [0, 0.05) is 11.7 Å². The lowest BCUT2D eigenvalue weighted by Gasteiger charge is -2.31. The standard InChI is InChI=1S/C19H28N2O3/c1-14(2)20-17(22)12-15-6-8-16(9-7-15)21-18(23)13-19(24)10-4-3-5-11-19/h6-9,14,24H,3-5,10-13H2,1-2H3,(H,20,22)(H,21,23). The Labute approximate surface area is 143 Å². The van der Waals surface area contributed by atoms with Crippen LogP contribution in [-0.4, -0.2) is 28.6 Å². The van der Waals surface area contributed by atoms with E-state index in [2.05, 4.69) is 10.6 Å². The third kappa shape index (κ3) is 5.96. The highest BCUT2D eigenvalue weighted by Gasteiger charge is 2.31. The molecule has 132 valence electrons. The van der Waals surface area contributed by atoms with Crippen LogP contribution in [0.4, 0.5) is 5.69 Å². The van der Waals surface area contributed by atoms with Gasteiger partial charge in [-0.2, -0.15) is 0 Å². The zero-order valence-electron chi connectivity index (χ0n) is 14.6. The van der Waals surface area contributed by atoms with Crippen LogP contribution < -0.4 is 10.6 Å². The quantitative estimate of drug-likeness (QED) is 0.749. The Morgan fingerprint density at radius 1 is 1.08 bits per heavy atom. The Kier molecular flexibility index (Phi) is 6.37. The van der Waals surface area contributed by atoms with Gasteiger partial charge in [-0.25, -0.2) is 0 Å². The van der Waals surface area contributed by atoms with Gasteiger partial charge in [0.05, 0.1) is 18.4 Å². The molecule has 0 saturated heterocycles. The molecule has 2 rings (SSSR count). The first-order valence-corrected chi connectivity index (χ1v) is 8.77. The highest BCUT2D eigenvalue weighted by Crippen LogP contribution is 2.31. The number of amides is 2. The number of rotatable bonds is 6. The van der Waals surface area contributed by atoms with Gasteiger partial charge < -0.3 is 15.7 Å². The van der Waals surface area contributed by atoms with Crippen molar-refractivity contribution in [3.8, 4) is 0 Å². The summed E-state index contributed by atoms with van der Waals surface area (Å²) in [5.74, 6) is -0.175. The van der Waals surface area contributed by atoms with E-state index in [1.807, 2.05) is 26.0 Å². The fourth-order valence-electron chi connectivity index (χ4n) is 3.16. The van der Waals surface area contributed by atoms with Gasteiger partial charge in [0.1, 0.15) is 0 Å². The molecule has 1 aliphatic carbocycles. The van der Waals surface area contributed by atoms with Crippen LogP contribution in [0.25, 0.3) is 0 Å². The summed E-state index contributed by atoms with van der Waals surface area (Å²) in [5, 5.41) is 16.1. The molecule has 5 nitrogen and oxygen atoms in total. The predicted molar refractivity (Wildman–Crippen MR) is 94.7 cm³/mol. The van der Waals surface area contributed by atoms with Crippen LogP contribution in [0.3, 0.4) is 0 Å². The number of anilines is 1. The van der Waals surface area contributed by atoms with Gasteiger partial charge in [0.25, 0.3) is 0 Å². The summed E-state index contributed by atoms with van der Waals surface area (Å²) in [4.78, 5) is 23.9. The number of hydrogen-bond acceptors (Lipinski definition) is 3. The average molecular weight is 332 g/mol. The first kappa shape index (κ1) is 18.5. The Bertz CT molecular complexity index is 560. The molecule has 0 heterocycles. The van der Waals surface area contributed by atoms with Gasteiger partial charge >= 0.3 is 0 Å². The largest absolute Gasteiger partial charge is 0.389 e. The van der Waals surface area contributed by atoms with Crippen LogP contribution in [0, 0.1) is 0 Å². The normalized spacial score (nSPS) is 16.7. The van der Waals surface area contributed by atoms with E-state index in [1.165, 1.54) is 0 Å². The maximum atomic E-state index is 12.1. The molecule has 1 aromatic carbocycles. The second-order valence-electron chi connectivity index (χ2n) is 7.11. The Hall–Kier alpha value is -1.88. The summed E-state index contributed by atoms with van der Waals surface area (Å²) in [6, 6.07) is 7.39. The van der Waals surface area contributed by atoms with Crippen LogP contribution in [0.5, 0.6) is 0 Å². The van der Waals surface area contributed by atoms with Gasteiger partial charge in [-0.05, 0) is 44.4 Å². The number of carbonyl (C=O) groups excluding carboxylic acids is 2. The predicted octanol–water partition coefficient (Wildman–Crippen LogP) is 2.78. The van der Waals surface area contributed by atoms with Gasteiger partial charge in [-0.1, -0.05) is 31.4 Å². The van der Waals surface area contributed by atoms with E-state index in [0.717, 1.165) is 24.8 Å². The lowest BCUT2D eigenvalue weighted by molar-refractivity contribution is -0.122. The fraction of sp³-hybridized carbons (Fsp3) is 0.579. The van der Waals surface area contributed by atoms with Crippen molar-refractivity contribution in [3.63, 3.8) is 0 Å². The summed E-state index contributed by atoms with van der Waals surface area (Å²) < 4.78 is 0. The van der Waals surface area contributed by atoms with E-state index in [1.54, 1.807) is 12.1 Å². The second kappa shape index (κ2) is 8.29. The van der Waals surface area contributed by atoms with Gasteiger partial charge in [0.2, 0.25) is 11.8 Å². The molecule has 0 atom stereocenters. The van der Waals surface area contributed by atoms with Crippen LogP contribution in [0.15, 0.2) is 24.3 Å². The number of aliphatic hydroxyl groups is 1. The van der Waals surface area contributed by atoms with Crippen LogP contribution in [0.1, 0.15) is 57.9 Å². The zero-order valence-corrected chi connectivity index (χ0v) is 14.6. The Morgan fingerprint density at radius 3 is 2.29 bits per heavy atom. The van der Waals surface area contributed by atoms with E-state index in [0.29, 0.717) is 24.9 Å². The van der Waals surface area contributed by atoms with Gasteiger partial charge in [-0.15, -0.1) is 0 Å². The molecule has 1 fully saturated rings. The molecular formula is C19H28N2O3. The lowest BCUT2D eigenvalue weighted by atomic mass is 9.82. The van der Waals surface area contributed by atoms with E-state index >= 15 is 0 Å². The average Bonchev–Trinajstić information content (AvgIpc) is 2.48. The van der Waals surface area contributed by atoms with Crippen molar-refractivity contribution in [1.82, 2.24) is 5.32 Å². The SMILES string of the molecule is CC(C)NC(=O)Cc1ccc(NC(=O)CC2(O)CCCCC2)cc1. The third-order valence-electron chi connectivity index (χ3n) is 4.33. The van der Waals surface area contributed by atoms with Crippen molar-refractivity contribution >= 4 is 17.5 Å². The summed E-state index contributed by atoms with van der Waals surface area (Å²) in [5.41, 5.74) is 0.737. The zero-order chi connectivity index (χ0) is 17.6. The van der Waals surface area contributed by atoms with Crippen molar-refractivity contribution in [2.45, 2.75) is 70.4 Å². The first-order chi connectivity index (χ1) is 11.4.